The molecular weight excluding hydrogens is 330 g/mol. The van der Waals surface area contributed by atoms with Crippen LogP contribution in [0.4, 0.5) is 0 Å². The fourth-order valence-corrected chi connectivity index (χ4v) is 3.98. The molecule has 2 aromatic rings. The van der Waals surface area contributed by atoms with Crippen molar-refractivity contribution in [1.82, 2.24) is 5.32 Å². The molecule has 3 rings (SSSR count). The molecule has 0 saturated heterocycles. The van der Waals surface area contributed by atoms with E-state index >= 15 is 0 Å². The van der Waals surface area contributed by atoms with E-state index < -0.39 is 0 Å². The zero-order valence-corrected chi connectivity index (χ0v) is 14.1. The fraction of sp³-hybridized carbons (Fsp3) is 0.412. The predicted molar refractivity (Wildman–Crippen MR) is 90.7 cm³/mol. The van der Waals surface area contributed by atoms with Crippen molar-refractivity contribution in [3.8, 4) is 0 Å². The van der Waals surface area contributed by atoms with Crippen LogP contribution in [0.15, 0.2) is 40.2 Å². The number of hydrogen-bond donors (Lipinski definition) is 1. The Bertz CT molecular complexity index is 557. The standard InChI is InChI=1S/C17H20BrNS/c1-12-2-4-13(5-3-12)14(10-19-16-6-7-16)8-17-9-15(18)11-20-17/h2-5,9,11,14,16,19H,6-8,10H2,1H3. The molecular formula is C17H20BrNS. The molecule has 0 aliphatic heterocycles. The van der Waals surface area contributed by atoms with Gasteiger partial charge in [0.15, 0.2) is 0 Å². The Hall–Kier alpha value is -0.640. The van der Waals surface area contributed by atoms with E-state index in [1.165, 1.54) is 33.3 Å². The zero-order chi connectivity index (χ0) is 13.9. The summed E-state index contributed by atoms with van der Waals surface area (Å²) >= 11 is 5.41. The Balaban J connectivity index is 1.73. The van der Waals surface area contributed by atoms with Crippen LogP contribution in [-0.2, 0) is 6.42 Å². The molecule has 1 aliphatic rings. The Kier molecular flexibility index (Phi) is 4.59. The molecule has 0 radical (unpaired) electrons. The summed E-state index contributed by atoms with van der Waals surface area (Å²) in [7, 11) is 0. The SMILES string of the molecule is Cc1ccc(C(CNC2CC2)Cc2cc(Br)cs2)cc1. The normalized spacial score (nSPS) is 16.3. The van der Waals surface area contributed by atoms with Crippen molar-refractivity contribution in [3.05, 3.63) is 56.2 Å². The molecule has 1 fully saturated rings. The van der Waals surface area contributed by atoms with Crippen LogP contribution >= 0.6 is 27.3 Å². The van der Waals surface area contributed by atoms with E-state index in [1.807, 2.05) is 11.3 Å². The molecule has 1 heterocycles. The molecule has 0 amide bonds. The molecule has 1 aromatic heterocycles. The minimum atomic E-state index is 0.571. The van der Waals surface area contributed by atoms with Gasteiger partial charge in [-0.05, 0) is 53.7 Å². The summed E-state index contributed by atoms with van der Waals surface area (Å²) < 4.78 is 1.20. The molecule has 1 saturated carbocycles. The maximum Gasteiger partial charge on any atom is 0.0285 e. The van der Waals surface area contributed by atoms with Crippen LogP contribution in [0.1, 0.15) is 34.8 Å². The first-order valence-corrected chi connectivity index (χ1v) is 8.91. The minimum Gasteiger partial charge on any atom is -0.313 e. The predicted octanol–water partition coefficient (Wildman–Crippen LogP) is 4.90. The van der Waals surface area contributed by atoms with Gasteiger partial charge in [-0.25, -0.2) is 0 Å². The summed E-state index contributed by atoms with van der Waals surface area (Å²) in [6.07, 6.45) is 3.83. The van der Waals surface area contributed by atoms with Gasteiger partial charge in [-0.2, -0.15) is 0 Å². The van der Waals surface area contributed by atoms with E-state index in [4.69, 9.17) is 0 Å². The van der Waals surface area contributed by atoms with Gasteiger partial charge < -0.3 is 5.32 Å². The molecule has 0 spiro atoms. The van der Waals surface area contributed by atoms with Crippen molar-refractivity contribution in [2.45, 2.75) is 38.1 Å². The molecule has 1 aliphatic carbocycles. The highest BCUT2D eigenvalue weighted by atomic mass is 79.9. The lowest BCUT2D eigenvalue weighted by atomic mass is 9.94. The molecule has 1 nitrogen and oxygen atoms in total. The van der Waals surface area contributed by atoms with Crippen LogP contribution in [0.3, 0.4) is 0 Å². The van der Waals surface area contributed by atoms with E-state index in [2.05, 4.69) is 63.9 Å². The average Bonchev–Trinajstić information content (AvgIpc) is 3.18. The van der Waals surface area contributed by atoms with E-state index in [1.54, 1.807) is 0 Å². The number of rotatable bonds is 6. The number of thiophene rings is 1. The molecule has 1 N–H and O–H groups in total. The monoisotopic (exact) mass is 349 g/mol. The second-order valence-electron chi connectivity index (χ2n) is 5.73. The van der Waals surface area contributed by atoms with E-state index in [0.29, 0.717) is 5.92 Å². The van der Waals surface area contributed by atoms with Gasteiger partial charge in [0.25, 0.3) is 0 Å². The number of halogens is 1. The number of benzene rings is 1. The molecule has 1 aromatic carbocycles. The van der Waals surface area contributed by atoms with E-state index in [9.17, 15) is 0 Å². The Morgan fingerprint density at radius 3 is 2.65 bits per heavy atom. The molecule has 1 atom stereocenters. The van der Waals surface area contributed by atoms with Crippen molar-refractivity contribution in [2.24, 2.45) is 0 Å². The van der Waals surface area contributed by atoms with Gasteiger partial charge in [0, 0.05) is 33.2 Å². The second kappa shape index (κ2) is 6.42. The largest absolute Gasteiger partial charge is 0.313 e. The number of aryl methyl sites for hydroxylation is 1. The van der Waals surface area contributed by atoms with Crippen LogP contribution in [0.5, 0.6) is 0 Å². The smallest absolute Gasteiger partial charge is 0.0285 e. The summed E-state index contributed by atoms with van der Waals surface area (Å²) in [5.41, 5.74) is 2.79. The fourth-order valence-electron chi connectivity index (χ4n) is 2.45. The van der Waals surface area contributed by atoms with Crippen molar-refractivity contribution >= 4 is 27.3 Å². The molecule has 106 valence electrons. The maximum absolute atomic E-state index is 3.69. The summed E-state index contributed by atoms with van der Waals surface area (Å²) in [4.78, 5) is 1.46. The highest BCUT2D eigenvalue weighted by molar-refractivity contribution is 9.10. The van der Waals surface area contributed by atoms with Crippen LogP contribution in [0.25, 0.3) is 0 Å². The lowest BCUT2D eigenvalue weighted by molar-refractivity contribution is 0.580. The van der Waals surface area contributed by atoms with Crippen molar-refractivity contribution in [2.75, 3.05) is 6.54 Å². The average molecular weight is 350 g/mol. The first-order valence-electron chi connectivity index (χ1n) is 7.23. The topological polar surface area (TPSA) is 12.0 Å². The summed E-state index contributed by atoms with van der Waals surface area (Å²) in [5.74, 6) is 0.571. The maximum atomic E-state index is 3.69. The van der Waals surface area contributed by atoms with Crippen LogP contribution in [0.2, 0.25) is 0 Å². The summed E-state index contributed by atoms with van der Waals surface area (Å²) in [5, 5.41) is 5.87. The summed E-state index contributed by atoms with van der Waals surface area (Å²) in [6, 6.07) is 12.1. The lowest BCUT2D eigenvalue weighted by Crippen LogP contribution is -2.24. The van der Waals surface area contributed by atoms with Crippen LogP contribution < -0.4 is 5.32 Å². The van der Waals surface area contributed by atoms with Gasteiger partial charge in [-0.3, -0.25) is 0 Å². The molecule has 3 heteroatoms. The highest BCUT2D eigenvalue weighted by Gasteiger charge is 2.22. The number of hydrogen-bond acceptors (Lipinski definition) is 2. The van der Waals surface area contributed by atoms with Crippen molar-refractivity contribution in [3.63, 3.8) is 0 Å². The third-order valence-electron chi connectivity index (χ3n) is 3.85. The minimum absolute atomic E-state index is 0.571. The van der Waals surface area contributed by atoms with E-state index in [0.717, 1.165) is 19.0 Å². The van der Waals surface area contributed by atoms with Gasteiger partial charge in [-0.15, -0.1) is 11.3 Å². The molecule has 20 heavy (non-hydrogen) atoms. The third kappa shape index (κ3) is 3.94. The molecule has 0 bridgehead atoms. The van der Waals surface area contributed by atoms with Gasteiger partial charge in [0.05, 0.1) is 0 Å². The first-order chi connectivity index (χ1) is 9.70. The second-order valence-corrected chi connectivity index (χ2v) is 7.64. The number of nitrogens with one attached hydrogen (secondary N) is 1. The lowest BCUT2D eigenvalue weighted by Gasteiger charge is -2.18. The van der Waals surface area contributed by atoms with Crippen molar-refractivity contribution < 1.29 is 0 Å². The third-order valence-corrected chi connectivity index (χ3v) is 5.57. The van der Waals surface area contributed by atoms with Gasteiger partial charge in [0.1, 0.15) is 0 Å². The van der Waals surface area contributed by atoms with Gasteiger partial charge in [-0.1, -0.05) is 29.8 Å². The van der Waals surface area contributed by atoms with E-state index in [-0.39, 0.29) is 0 Å². The van der Waals surface area contributed by atoms with Crippen LogP contribution in [0, 0.1) is 6.92 Å². The van der Waals surface area contributed by atoms with Crippen molar-refractivity contribution in [1.29, 1.82) is 0 Å². The Morgan fingerprint density at radius 1 is 1.30 bits per heavy atom. The molecule has 1 unspecified atom stereocenters. The van der Waals surface area contributed by atoms with Gasteiger partial charge in [0.2, 0.25) is 0 Å². The summed E-state index contributed by atoms with van der Waals surface area (Å²) in [6.45, 7) is 3.24. The van der Waals surface area contributed by atoms with Gasteiger partial charge >= 0.3 is 0 Å². The zero-order valence-electron chi connectivity index (χ0n) is 11.7. The Labute approximate surface area is 133 Å². The quantitative estimate of drug-likeness (QED) is 0.782. The Morgan fingerprint density at radius 2 is 2.05 bits per heavy atom. The highest BCUT2D eigenvalue weighted by Crippen LogP contribution is 2.28. The van der Waals surface area contributed by atoms with Crippen LogP contribution in [-0.4, -0.2) is 12.6 Å². The first kappa shape index (κ1) is 14.3.